The Morgan fingerprint density at radius 3 is 2.85 bits per heavy atom. The normalized spacial score (nSPS) is 23.4. The molecule has 0 bridgehead atoms. The summed E-state index contributed by atoms with van der Waals surface area (Å²) in [6.45, 7) is 5.06. The molecule has 114 valence electrons. The Balaban J connectivity index is 2.04. The van der Waals surface area contributed by atoms with Gasteiger partial charge in [-0.3, -0.25) is 0 Å². The van der Waals surface area contributed by atoms with Crippen molar-refractivity contribution >= 4 is 10.0 Å². The molecule has 0 aromatic carbocycles. The largest absolute Gasteiger partial charge is 0.334 e. The van der Waals surface area contributed by atoms with Gasteiger partial charge in [-0.2, -0.15) is 0 Å². The maximum absolute atomic E-state index is 12.2. The molecule has 2 rings (SSSR count). The molecule has 0 amide bonds. The van der Waals surface area contributed by atoms with Gasteiger partial charge in [0.15, 0.2) is 5.03 Å². The van der Waals surface area contributed by atoms with Crippen LogP contribution < -0.4 is 10.5 Å². The number of aromatic nitrogens is 2. The summed E-state index contributed by atoms with van der Waals surface area (Å²) in [7, 11) is -3.53. The van der Waals surface area contributed by atoms with Crippen LogP contribution in [0.15, 0.2) is 11.2 Å². The number of sulfonamides is 1. The molecule has 1 aliphatic carbocycles. The van der Waals surface area contributed by atoms with Crippen molar-refractivity contribution in [2.45, 2.75) is 57.1 Å². The molecule has 2 atom stereocenters. The summed E-state index contributed by atoms with van der Waals surface area (Å²) in [6, 6.07) is 0.108. The number of nitrogens with one attached hydrogen (secondary N) is 1. The maximum atomic E-state index is 12.2. The summed E-state index contributed by atoms with van der Waals surface area (Å²) in [4.78, 5) is 4.15. The van der Waals surface area contributed by atoms with Gasteiger partial charge in [-0.05, 0) is 32.1 Å². The van der Waals surface area contributed by atoms with Crippen molar-refractivity contribution in [1.82, 2.24) is 14.3 Å². The van der Waals surface area contributed by atoms with E-state index in [-0.39, 0.29) is 17.0 Å². The molecule has 1 aliphatic rings. The average Bonchev–Trinajstić information content (AvgIpc) is 2.95. The van der Waals surface area contributed by atoms with Crippen molar-refractivity contribution in [2.75, 3.05) is 6.54 Å². The number of rotatable bonds is 6. The summed E-state index contributed by atoms with van der Waals surface area (Å²) < 4.78 is 29.0. The minimum atomic E-state index is -3.53. The zero-order valence-corrected chi connectivity index (χ0v) is 13.0. The lowest BCUT2D eigenvalue weighted by atomic mass is 10.1. The van der Waals surface area contributed by atoms with Gasteiger partial charge in [0.1, 0.15) is 5.82 Å². The molecule has 7 heteroatoms. The van der Waals surface area contributed by atoms with E-state index in [2.05, 4.69) is 9.71 Å². The monoisotopic (exact) mass is 300 g/mol. The van der Waals surface area contributed by atoms with E-state index in [9.17, 15) is 8.42 Å². The molecule has 0 spiro atoms. The zero-order valence-electron chi connectivity index (χ0n) is 12.2. The van der Waals surface area contributed by atoms with Gasteiger partial charge in [0.05, 0.1) is 0 Å². The Morgan fingerprint density at radius 2 is 2.25 bits per heavy atom. The molecule has 1 aromatic heterocycles. The molecule has 20 heavy (non-hydrogen) atoms. The van der Waals surface area contributed by atoms with Crippen molar-refractivity contribution in [2.24, 2.45) is 11.7 Å². The van der Waals surface area contributed by atoms with Crippen LogP contribution in [0.5, 0.6) is 0 Å². The molecular formula is C13H24N4O2S. The minimum Gasteiger partial charge on any atom is -0.334 e. The van der Waals surface area contributed by atoms with Crippen LogP contribution in [0, 0.1) is 12.8 Å². The van der Waals surface area contributed by atoms with Gasteiger partial charge in [0, 0.05) is 25.3 Å². The quantitative estimate of drug-likeness (QED) is 0.820. The predicted octanol–water partition coefficient (Wildman–Crippen LogP) is 1.01. The Labute approximate surface area is 120 Å². The van der Waals surface area contributed by atoms with Gasteiger partial charge in [-0.15, -0.1) is 0 Å². The van der Waals surface area contributed by atoms with Crippen LogP contribution in [0.2, 0.25) is 0 Å². The second-order valence-corrected chi connectivity index (χ2v) is 7.24. The van der Waals surface area contributed by atoms with Crippen molar-refractivity contribution in [3.8, 4) is 0 Å². The van der Waals surface area contributed by atoms with E-state index in [0.29, 0.717) is 6.54 Å². The molecule has 1 fully saturated rings. The highest BCUT2D eigenvalue weighted by Gasteiger charge is 2.26. The third-order valence-electron chi connectivity index (χ3n) is 3.95. The van der Waals surface area contributed by atoms with Gasteiger partial charge in [0.2, 0.25) is 0 Å². The molecular weight excluding hydrogens is 276 g/mol. The van der Waals surface area contributed by atoms with E-state index in [1.807, 2.05) is 18.4 Å². The van der Waals surface area contributed by atoms with Crippen molar-refractivity contribution < 1.29 is 8.42 Å². The van der Waals surface area contributed by atoms with E-state index in [0.717, 1.165) is 38.1 Å². The maximum Gasteiger partial charge on any atom is 0.259 e. The fourth-order valence-corrected chi connectivity index (χ4v) is 3.79. The molecule has 6 nitrogen and oxygen atoms in total. The van der Waals surface area contributed by atoms with Gasteiger partial charge in [0.25, 0.3) is 10.0 Å². The van der Waals surface area contributed by atoms with Gasteiger partial charge < -0.3 is 10.3 Å². The van der Waals surface area contributed by atoms with Crippen LogP contribution in [-0.4, -0.2) is 30.6 Å². The number of nitrogens with two attached hydrogens (primary N) is 1. The SMILES string of the molecule is CCCn1cc(S(=O)(=O)NCC2CCCC2N)nc1C. The van der Waals surface area contributed by atoms with Crippen LogP contribution >= 0.6 is 0 Å². The summed E-state index contributed by atoms with van der Waals surface area (Å²) in [5.74, 6) is 0.966. The number of hydrogen-bond donors (Lipinski definition) is 2. The number of nitrogens with zero attached hydrogens (tertiary/aromatic N) is 2. The molecule has 1 saturated carbocycles. The lowest BCUT2D eigenvalue weighted by Crippen LogP contribution is -2.36. The van der Waals surface area contributed by atoms with Crippen LogP contribution in [0.3, 0.4) is 0 Å². The van der Waals surface area contributed by atoms with Crippen LogP contribution in [0.1, 0.15) is 38.4 Å². The van der Waals surface area contributed by atoms with Crippen molar-refractivity contribution in [3.63, 3.8) is 0 Å². The number of hydrogen-bond acceptors (Lipinski definition) is 4. The molecule has 1 aromatic rings. The second kappa shape index (κ2) is 6.24. The molecule has 0 saturated heterocycles. The first-order chi connectivity index (χ1) is 9.44. The topological polar surface area (TPSA) is 90.0 Å². The minimum absolute atomic E-state index is 0.106. The van der Waals surface area contributed by atoms with E-state index in [4.69, 9.17) is 5.73 Å². The van der Waals surface area contributed by atoms with E-state index < -0.39 is 10.0 Å². The third-order valence-corrected chi connectivity index (χ3v) is 5.24. The van der Waals surface area contributed by atoms with E-state index >= 15 is 0 Å². The molecule has 3 N–H and O–H groups in total. The average molecular weight is 300 g/mol. The van der Waals surface area contributed by atoms with Gasteiger partial charge in [-0.1, -0.05) is 13.3 Å². The highest BCUT2D eigenvalue weighted by atomic mass is 32.2. The third kappa shape index (κ3) is 3.39. The molecule has 1 heterocycles. The first-order valence-corrected chi connectivity index (χ1v) is 8.71. The van der Waals surface area contributed by atoms with Crippen molar-refractivity contribution in [1.29, 1.82) is 0 Å². The second-order valence-electron chi connectivity index (χ2n) is 5.53. The Kier molecular flexibility index (Phi) is 4.82. The molecule has 0 aliphatic heterocycles. The highest BCUT2D eigenvalue weighted by Crippen LogP contribution is 2.23. The lowest BCUT2D eigenvalue weighted by Gasteiger charge is -2.15. The zero-order chi connectivity index (χ0) is 14.8. The Bertz CT molecular complexity index is 553. The summed E-state index contributed by atoms with van der Waals surface area (Å²) in [5.41, 5.74) is 5.96. The first-order valence-electron chi connectivity index (χ1n) is 7.23. The van der Waals surface area contributed by atoms with Crippen LogP contribution in [-0.2, 0) is 16.6 Å². The highest BCUT2D eigenvalue weighted by molar-refractivity contribution is 7.89. The summed E-state index contributed by atoms with van der Waals surface area (Å²) in [6.07, 6.45) is 5.61. The standard InChI is InChI=1S/C13H24N4O2S/c1-3-7-17-9-13(16-10(17)2)20(18,19)15-8-11-5-4-6-12(11)14/h9,11-12,15H,3-8,14H2,1-2H3. The fourth-order valence-electron chi connectivity index (χ4n) is 2.69. The van der Waals surface area contributed by atoms with E-state index in [1.54, 1.807) is 6.20 Å². The van der Waals surface area contributed by atoms with E-state index in [1.165, 1.54) is 0 Å². The summed E-state index contributed by atoms with van der Waals surface area (Å²) >= 11 is 0. The first kappa shape index (κ1) is 15.5. The number of imidazole rings is 1. The van der Waals surface area contributed by atoms with Crippen LogP contribution in [0.25, 0.3) is 0 Å². The predicted molar refractivity (Wildman–Crippen MR) is 77.8 cm³/mol. The van der Waals surface area contributed by atoms with Gasteiger partial charge in [-0.25, -0.2) is 18.1 Å². The van der Waals surface area contributed by atoms with Crippen molar-refractivity contribution in [3.05, 3.63) is 12.0 Å². The Morgan fingerprint density at radius 1 is 1.50 bits per heavy atom. The fraction of sp³-hybridized carbons (Fsp3) is 0.769. The number of aryl methyl sites for hydroxylation is 2. The van der Waals surface area contributed by atoms with Crippen LogP contribution in [0.4, 0.5) is 0 Å². The molecule has 0 radical (unpaired) electrons. The smallest absolute Gasteiger partial charge is 0.259 e. The Hall–Kier alpha value is -0.920. The lowest BCUT2D eigenvalue weighted by molar-refractivity contribution is 0.469. The van der Waals surface area contributed by atoms with Gasteiger partial charge >= 0.3 is 0 Å². The summed E-state index contributed by atoms with van der Waals surface area (Å²) in [5, 5.41) is 0.106. The molecule has 2 unspecified atom stereocenters.